The van der Waals surface area contributed by atoms with Crippen LogP contribution in [0.2, 0.25) is 0 Å². The van der Waals surface area contributed by atoms with E-state index in [1.807, 2.05) is 0 Å². The number of hydrogen-bond acceptors (Lipinski definition) is 3. The number of nitrogens with one attached hydrogen (secondary N) is 1. The van der Waals surface area contributed by atoms with E-state index in [9.17, 15) is 15.0 Å². The number of phenolic OH excluding ortho intramolecular Hbond substituents is 2. The Labute approximate surface area is 133 Å². The van der Waals surface area contributed by atoms with Gasteiger partial charge in [-0.3, -0.25) is 4.79 Å². The van der Waals surface area contributed by atoms with E-state index in [4.69, 9.17) is 0 Å². The molecule has 0 saturated heterocycles. The summed E-state index contributed by atoms with van der Waals surface area (Å²) in [6.45, 7) is 7.36. The van der Waals surface area contributed by atoms with Crippen molar-refractivity contribution >= 4 is 11.6 Å². The molecule has 0 aliphatic heterocycles. The zero-order chi connectivity index (χ0) is 16.7. The molecule has 0 spiro atoms. The van der Waals surface area contributed by atoms with Crippen LogP contribution < -0.4 is 5.32 Å². The number of amides is 1. The molecule has 0 fully saturated rings. The summed E-state index contributed by atoms with van der Waals surface area (Å²) in [5.74, 6) is 0.0609. The third kappa shape index (κ3) is 4.65. The second kappa shape index (κ2) is 8.66. The van der Waals surface area contributed by atoms with Gasteiger partial charge in [0, 0.05) is 12.0 Å². The van der Waals surface area contributed by atoms with Gasteiger partial charge in [0.15, 0.2) is 0 Å². The van der Waals surface area contributed by atoms with Gasteiger partial charge >= 0.3 is 0 Å². The lowest BCUT2D eigenvalue weighted by Crippen LogP contribution is -2.13. The fourth-order valence-corrected chi connectivity index (χ4v) is 2.54. The second-order valence-corrected chi connectivity index (χ2v) is 6.01. The number of anilines is 1. The van der Waals surface area contributed by atoms with E-state index in [0.29, 0.717) is 28.8 Å². The number of carbonyl (C=O) groups excluding carboxylic acids is 1. The topological polar surface area (TPSA) is 69.6 Å². The molecule has 3 N–H and O–H groups in total. The summed E-state index contributed by atoms with van der Waals surface area (Å²) in [6, 6.07) is 0. The van der Waals surface area contributed by atoms with Gasteiger partial charge in [0.25, 0.3) is 0 Å². The van der Waals surface area contributed by atoms with Gasteiger partial charge in [-0.25, -0.2) is 0 Å². The van der Waals surface area contributed by atoms with Crippen molar-refractivity contribution in [3.05, 3.63) is 16.7 Å². The summed E-state index contributed by atoms with van der Waals surface area (Å²) < 4.78 is 0. The van der Waals surface area contributed by atoms with Gasteiger partial charge in [-0.15, -0.1) is 0 Å². The molecular weight excluding hydrogens is 278 g/mol. The Balaban J connectivity index is 2.58. The number of hydrogen-bond donors (Lipinski definition) is 3. The molecule has 1 aromatic carbocycles. The maximum absolute atomic E-state index is 12.0. The third-order valence-electron chi connectivity index (χ3n) is 4.26. The van der Waals surface area contributed by atoms with Crippen LogP contribution in [0.3, 0.4) is 0 Å². The molecule has 0 heterocycles. The van der Waals surface area contributed by atoms with Gasteiger partial charge in [0.2, 0.25) is 5.91 Å². The Morgan fingerprint density at radius 3 is 2.05 bits per heavy atom. The molecule has 22 heavy (non-hydrogen) atoms. The minimum atomic E-state index is -0.114. The highest BCUT2D eigenvalue weighted by Gasteiger charge is 2.17. The molecule has 1 rings (SSSR count). The van der Waals surface area contributed by atoms with Crippen molar-refractivity contribution in [1.29, 1.82) is 0 Å². The number of phenols is 2. The van der Waals surface area contributed by atoms with Crippen LogP contribution >= 0.6 is 0 Å². The van der Waals surface area contributed by atoms with Crippen molar-refractivity contribution in [3.63, 3.8) is 0 Å². The van der Waals surface area contributed by atoms with Crippen LogP contribution in [-0.4, -0.2) is 16.1 Å². The molecule has 0 aliphatic carbocycles. The fourth-order valence-electron chi connectivity index (χ4n) is 2.54. The average Bonchev–Trinajstić information content (AvgIpc) is 2.51. The number of benzene rings is 1. The van der Waals surface area contributed by atoms with E-state index in [1.54, 1.807) is 20.8 Å². The van der Waals surface area contributed by atoms with Crippen LogP contribution in [0.4, 0.5) is 5.69 Å². The van der Waals surface area contributed by atoms with Crippen molar-refractivity contribution in [2.75, 3.05) is 5.32 Å². The van der Waals surface area contributed by atoms with E-state index in [0.717, 1.165) is 19.3 Å². The Morgan fingerprint density at radius 2 is 1.41 bits per heavy atom. The minimum Gasteiger partial charge on any atom is -0.507 e. The van der Waals surface area contributed by atoms with Crippen LogP contribution in [0, 0.1) is 20.8 Å². The summed E-state index contributed by atoms with van der Waals surface area (Å²) in [7, 11) is 0. The first kappa shape index (κ1) is 18.3. The number of aromatic hydroxyl groups is 2. The van der Waals surface area contributed by atoms with Crippen LogP contribution in [0.25, 0.3) is 0 Å². The van der Waals surface area contributed by atoms with Crippen LogP contribution in [-0.2, 0) is 4.79 Å². The molecular formula is C18H29NO3. The van der Waals surface area contributed by atoms with Gasteiger partial charge in [0.1, 0.15) is 11.5 Å². The Kier molecular flexibility index (Phi) is 7.22. The lowest BCUT2D eigenvalue weighted by Gasteiger charge is -2.16. The largest absolute Gasteiger partial charge is 0.507 e. The van der Waals surface area contributed by atoms with Gasteiger partial charge in [-0.05, 0) is 38.3 Å². The van der Waals surface area contributed by atoms with E-state index in [1.165, 1.54) is 19.3 Å². The highest BCUT2D eigenvalue weighted by atomic mass is 16.3. The predicted molar refractivity (Wildman–Crippen MR) is 90.6 cm³/mol. The maximum Gasteiger partial charge on any atom is 0.224 e. The first-order valence-electron chi connectivity index (χ1n) is 8.21. The molecule has 0 unspecified atom stereocenters. The molecule has 0 atom stereocenters. The summed E-state index contributed by atoms with van der Waals surface area (Å²) in [6.07, 6.45) is 7.21. The minimum absolute atomic E-state index is 0.0455. The van der Waals surface area contributed by atoms with Gasteiger partial charge in [-0.1, -0.05) is 39.0 Å². The smallest absolute Gasteiger partial charge is 0.224 e. The van der Waals surface area contributed by atoms with Crippen LogP contribution in [0.15, 0.2) is 0 Å². The van der Waals surface area contributed by atoms with Gasteiger partial charge < -0.3 is 15.5 Å². The fraction of sp³-hybridized carbons (Fsp3) is 0.611. The summed E-state index contributed by atoms with van der Waals surface area (Å²) in [5.41, 5.74) is 2.08. The molecule has 0 bridgehead atoms. The van der Waals surface area contributed by atoms with E-state index in [2.05, 4.69) is 12.2 Å². The molecule has 4 heteroatoms. The van der Waals surface area contributed by atoms with Crippen molar-refractivity contribution in [2.45, 2.75) is 72.6 Å². The molecule has 0 aliphatic rings. The SMILES string of the molecule is CCCCCCCCC(=O)Nc1c(C)c(O)c(C)c(C)c1O. The summed E-state index contributed by atoms with van der Waals surface area (Å²) in [4.78, 5) is 12.0. The molecule has 4 nitrogen and oxygen atoms in total. The third-order valence-corrected chi connectivity index (χ3v) is 4.26. The lowest BCUT2D eigenvalue weighted by molar-refractivity contribution is -0.116. The normalized spacial score (nSPS) is 10.7. The molecule has 0 aromatic heterocycles. The number of carbonyl (C=O) groups is 1. The number of rotatable bonds is 8. The highest BCUT2D eigenvalue weighted by Crippen LogP contribution is 2.40. The van der Waals surface area contributed by atoms with Crippen LogP contribution in [0.1, 0.15) is 68.6 Å². The zero-order valence-electron chi connectivity index (χ0n) is 14.3. The average molecular weight is 307 g/mol. The zero-order valence-corrected chi connectivity index (χ0v) is 14.3. The van der Waals surface area contributed by atoms with Crippen LogP contribution in [0.5, 0.6) is 11.5 Å². The molecule has 1 aromatic rings. The molecule has 0 saturated carbocycles. The quantitative estimate of drug-likeness (QED) is 0.370. The van der Waals surface area contributed by atoms with E-state index in [-0.39, 0.29) is 17.4 Å². The highest BCUT2D eigenvalue weighted by molar-refractivity contribution is 5.94. The monoisotopic (exact) mass is 307 g/mol. The van der Waals surface area contributed by atoms with Crippen molar-refractivity contribution in [2.24, 2.45) is 0 Å². The first-order valence-corrected chi connectivity index (χ1v) is 8.21. The Bertz CT molecular complexity index is 495. The molecule has 124 valence electrons. The standard InChI is InChI=1S/C18H29NO3/c1-5-6-7-8-9-10-11-15(20)19-16-14(4)17(21)12(2)13(3)18(16)22/h21-22H,5-11H2,1-4H3,(H,19,20). The van der Waals surface area contributed by atoms with Crippen molar-refractivity contribution in [1.82, 2.24) is 0 Å². The van der Waals surface area contributed by atoms with Gasteiger partial charge in [-0.2, -0.15) is 0 Å². The van der Waals surface area contributed by atoms with Crippen molar-refractivity contribution < 1.29 is 15.0 Å². The Hall–Kier alpha value is -1.71. The molecule has 1 amide bonds. The van der Waals surface area contributed by atoms with Gasteiger partial charge in [0.05, 0.1) is 5.69 Å². The Morgan fingerprint density at radius 1 is 0.864 bits per heavy atom. The second-order valence-electron chi connectivity index (χ2n) is 6.01. The first-order chi connectivity index (χ1) is 10.4. The summed E-state index contributed by atoms with van der Waals surface area (Å²) in [5, 5.41) is 23.0. The molecule has 0 radical (unpaired) electrons. The van der Waals surface area contributed by atoms with E-state index < -0.39 is 0 Å². The summed E-state index contributed by atoms with van der Waals surface area (Å²) >= 11 is 0. The number of unbranched alkanes of at least 4 members (excludes halogenated alkanes) is 5. The van der Waals surface area contributed by atoms with Crippen molar-refractivity contribution in [3.8, 4) is 11.5 Å². The predicted octanol–water partition coefficient (Wildman–Crippen LogP) is 4.71. The van der Waals surface area contributed by atoms with E-state index >= 15 is 0 Å². The lowest BCUT2D eigenvalue weighted by atomic mass is 10.0. The maximum atomic E-state index is 12.0.